The first-order valence-electron chi connectivity index (χ1n) is 8.53. The maximum atomic E-state index is 12.6. The van der Waals surface area contributed by atoms with E-state index < -0.39 is 9.84 Å². The summed E-state index contributed by atoms with van der Waals surface area (Å²) < 4.78 is 23.2. The number of nitrogens with one attached hydrogen (secondary N) is 1. The SMILES string of the molecule is Cc1ccc(Nc2ccc(C(=O)N(C)C3CCS(=O)(=O)C3)cn2)c(C)c1. The van der Waals surface area contributed by atoms with Gasteiger partial charge in [-0.25, -0.2) is 13.4 Å². The molecule has 0 saturated carbocycles. The highest BCUT2D eigenvalue weighted by Crippen LogP contribution is 2.22. The first-order valence-corrected chi connectivity index (χ1v) is 10.4. The number of pyridine rings is 1. The number of carbonyl (C=O) groups is 1. The fraction of sp³-hybridized carbons (Fsp3) is 0.368. The number of sulfone groups is 1. The highest BCUT2D eigenvalue weighted by atomic mass is 32.2. The molecule has 1 aromatic carbocycles. The molecule has 2 aromatic rings. The number of aromatic nitrogens is 1. The van der Waals surface area contributed by atoms with Gasteiger partial charge >= 0.3 is 0 Å². The Morgan fingerprint density at radius 2 is 2.00 bits per heavy atom. The predicted molar refractivity (Wildman–Crippen MR) is 103 cm³/mol. The average Bonchev–Trinajstić information content (AvgIpc) is 2.97. The second kappa shape index (κ2) is 7.07. The molecule has 1 aromatic heterocycles. The number of hydrogen-bond acceptors (Lipinski definition) is 5. The minimum absolute atomic E-state index is 0.0367. The van der Waals surface area contributed by atoms with Crippen molar-refractivity contribution < 1.29 is 13.2 Å². The molecule has 3 rings (SSSR count). The highest BCUT2D eigenvalue weighted by molar-refractivity contribution is 7.91. The van der Waals surface area contributed by atoms with E-state index in [1.165, 1.54) is 16.7 Å². The van der Waals surface area contributed by atoms with Gasteiger partial charge < -0.3 is 10.2 Å². The Morgan fingerprint density at radius 3 is 2.58 bits per heavy atom. The summed E-state index contributed by atoms with van der Waals surface area (Å²) in [7, 11) is -1.38. The van der Waals surface area contributed by atoms with E-state index in [0.29, 0.717) is 17.8 Å². The fourth-order valence-corrected chi connectivity index (χ4v) is 4.91. The molecule has 1 N–H and O–H groups in total. The summed E-state index contributed by atoms with van der Waals surface area (Å²) >= 11 is 0. The van der Waals surface area contributed by atoms with Crippen LogP contribution in [0.1, 0.15) is 27.9 Å². The van der Waals surface area contributed by atoms with Crippen LogP contribution < -0.4 is 5.32 Å². The molecule has 26 heavy (non-hydrogen) atoms. The van der Waals surface area contributed by atoms with E-state index in [1.54, 1.807) is 19.2 Å². The molecule has 1 fully saturated rings. The normalized spacial score (nSPS) is 18.5. The molecule has 0 aliphatic carbocycles. The van der Waals surface area contributed by atoms with Crippen LogP contribution in [0.4, 0.5) is 11.5 Å². The standard InChI is InChI=1S/C19H23N3O3S/c1-13-4-6-17(14(2)10-13)21-18-7-5-15(11-20-18)19(23)22(3)16-8-9-26(24,25)12-16/h4-7,10-11,16H,8-9,12H2,1-3H3,(H,20,21). The molecular formula is C19H23N3O3S. The lowest BCUT2D eigenvalue weighted by Gasteiger charge is -2.23. The van der Waals surface area contributed by atoms with Gasteiger partial charge in [0.25, 0.3) is 5.91 Å². The maximum Gasteiger partial charge on any atom is 0.255 e. The van der Waals surface area contributed by atoms with Crippen LogP contribution in [-0.4, -0.2) is 48.8 Å². The topological polar surface area (TPSA) is 79.4 Å². The van der Waals surface area contributed by atoms with Gasteiger partial charge in [0.05, 0.1) is 17.1 Å². The van der Waals surface area contributed by atoms with Gasteiger partial charge in [0.15, 0.2) is 9.84 Å². The minimum atomic E-state index is -3.02. The van der Waals surface area contributed by atoms with Gasteiger partial charge in [0, 0.05) is 25.0 Å². The van der Waals surface area contributed by atoms with Crippen LogP contribution >= 0.6 is 0 Å². The summed E-state index contributed by atoms with van der Waals surface area (Å²) in [5.41, 5.74) is 3.73. The van der Waals surface area contributed by atoms with Crippen LogP contribution in [0.2, 0.25) is 0 Å². The van der Waals surface area contributed by atoms with E-state index in [2.05, 4.69) is 16.4 Å². The van der Waals surface area contributed by atoms with Gasteiger partial charge in [-0.15, -0.1) is 0 Å². The summed E-state index contributed by atoms with van der Waals surface area (Å²) in [6, 6.07) is 9.32. The van der Waals surface area contributed by atoms with Crippen LogP contribution in [-0.2, 0) is 9.84 Å². The quantitative estimate of drug-likeness (QED) is 0.891. The number of anilines is 2. The molecule has 138 valence electrons. The number of benzene rings is 1. The van der Waals surface area contributed by atoms with Crippen molar-refractivity contribution in [3.63, 3.8) is 0 Å². The highest BCUT2D eigenvalue weighted by Gasteiger charge is 2.33. The Kier molecular flexibility index (Phi) is 5.00. The van der Waals surface area contributed by atoms with Crippen LogP contribution in [0.25, 0.3) is 0 Å². The number of rotatable bonds is 4. The monoisotopic (exact) mass is 373 g/mol. The summed E-state index contributed by atoms with van der Waals surface area (Å²) in [6.07, 6.45) is 2.01. The largest absolute Gasteiger partial charge is 0.340 e. The van der Waals surface area contributed by atoms with E-state index in [4.69, 9.17) is 0 Å². The summed E-state index contributed by atoms with van der Waals surface area (Å²) in [5, 5.41) is 3.25. The summed E-state index contributed by atoms with van der Waals surface area (Å²) in [5.74, 6) is 0.624. The zero-order chi connectivity index (χ0) is 18.9. The number of amides is 1. The lowest BCUT2D eigenvalue weighted by Crippen LogP contribution is -2.37. The molecule has 0 spiro atoms. The van der Waals surface area contributed by atoms with Crippen LogP contribution in [0, 0.1) is 13.8 Å². The third-order valence-electron chi connectivity index (χ3n) is 4.73. The molecule has 0 bridgehead atoms. The Morgan fingerprint density at radius 1 is 1.23 bits per heavy atom. The van der Waals surface area contributed by atoms with Crippen molar-refractivity contribution >= 4 is 27.2 Å². The smallest absolute Gasteiger partial charge is 0.255 e. The molecule has 1 atom stereocenters. The Balaban J connectivity index is 1.70. The first-order chi connectivity index (χ1) is 12.2. The lowest BCUT2D eigenvalue weighted by molar-refractivity contribution is 0.0747. The van der Waals surface area contributed by atoms with E-state index in [9.17, 15) is 13.2 Å². The third-order valence-corrected chi connectivity index (χ3v) is 6.48. The number of aryl methyl sites for hydroxylation is 2. The van der Waals surface area contributed by atoms with Gasteiger partial charge in [-0.05, 0) is 44.0 Å². The zero-order valence-corrected chi connectivity index (χ0v) is 16.0. The Labute approximate surface area is 154 Å². The molecule has 1 amide bonds. The summed E-state index contributed by atoms with van der Waals surface area (Å²) in [4.78, 5) is 18.4. The Bertz CT molecular complexity index is 924. The van der Waals surface area contributed by atoms with Crippen molar-refractivity contribution in [2.24, 2.45) is 0 Å². The first kappa shape index (κ1) is 18.4. The average molecular weight is 373 g/mol. The summed E-state index contributed by atoms with van der Waals surface area (Å²) in [6.45, 7) is 4.07. The third kappa shape index (κ3) is 4.04. The van der Waals surface area contributed by atoms with E-state index >= 15 is 0 Å². The van der Waals surface area contributed by atoms with Gasteiger partial charge in [-0.2, -0.15) is 0 Å². The molecule has 6 nitrogen and oxygen atoms in total. The van der Waals surface area contributed by atoms with Crippen LogP contribution in [0.15, 0.2) is 36.5 Å². The lowest BCUT2D eigenvalue weighted by atomic mass is 10.1. The van der Waals surface area contributed by atoms with E-state index in [-0.39, 0.29) is 23.5 Å². The van der Waals surface area contributed by atoms with Gasteiger partial charge in [-0.1, -0.05) is 17.7 Å². The van der Waals surface area contributed by atoms with Crippen molar-refractivity contribution in [2.45, 2.75) is 26.3 Å². The van der Waals surface area contributed by atoms with Crippen molar-refractivity contribution in [2.75, 3.05) is 23.9 Å². The van der Waals surface area contributed by atoms with Gasteiger partial charge in [-0.3, -0.25) is 4.79 Å². The van der Waals surface area contributed by atoms with E-state index in [1.807, 2.05) is 26.0 Å². The van der Waals surface area contributed by atoms with Gasteiger partial charge in [0.1, 0.15) is 5.82 Å². The second-order valence-corrected chi connectivity index (χ2v) is 9.08. The predicted octanol–water partition coefficient (Wildman–Crippen LogP) is 2.70. The number of hydrogen-bond donors (Lipinski definition) is 1. The zero-order valence-electron chi connectivity index (χ0n) is 15.2. The number of carbonyl (C=O) groups excluding carboxylic acids is 1. The molecule has 0 radical (unpaired) electrons. The second-order valence-electron chi connectivity index (χ2n) is 6.85. The molecule has 7 heteroatoms. The molecular weight excluding hydrogens is 350 g/mol. The fourth-order valence-electron chi connectivity index (χ4n) is 3.14. The van der Waals surface area contributed by atoms with Crippen LogP contribution in [0.5, 0.6) is 0 Å². The molecule has 1 aliphatic rings. The van der Waals surface area contributed by atoms with Crippen molar-refractivity contribution in [1.82, 2.24) is 9.88 Å². The van der Waals surface area contributed by atoms with E-state index in [0.717, 1.165) is 11.3 Å². The van der Waals surface area contributed by atoms with Gasteiger partial charge in [0.2, 0.25) is 0 Å². The molecule has 1 aliphatic heterocycles. The van der Waals surface area contributed by atoms with Crippen molar-refractivity contribution in [3.05, 3.63) is 53.2 Å². The molecule has 2 heterocycles. The number of nitrogens with zero attached hydrogens (tertiary/aromatic N) is 2. The molecule has 1 unspecified atom stereocenters. The maximum absolute atomic E-state index is 12.6. The Hall–Kier alpha value is -2.41. The van der Waals surface area contributed by atoms with Crippen LogP contribution in [0.3, 0.4) is 0 Å². The molecule has 1 saturated heterocycles. The van der Waals surface area contributed by atoms with Crippen molar-refractivity contribution in [3.8, 4) is 0 Å². The minimum Gasteiger partial charge on any atom is -0.340 e. The van der Waals surface area contributed by atoms with Crippen molar-refractivity contribution in [1.29, 1.82) is 0 Å².